The lowest BCUT2D eigenvalue weighted by molar-refractivity contribution is 0.00505. The van der Waals surface area contributed by atoms with Gasteiger partial charge in [0.2, 0.25) is 0 Å². The van der Waals surface area contributed by atoms with Crippen LogP contribution in [0.1, 0.15) is 11.6 Å². The minimum atomic E-state index is 0.414. The van der Waals surface area contributed by atoms with Gasteiger partial charge in [-0.15, -0.1) is 0 Å². The van der Waals surface area contributed by atoms with E-state index in [0.29, 0.717) is 6.04 Å². The lowest BCUT2D eigenvalue weighted by atomic mass is 10.1. The highest BCUT2D eigenvalue weighted by molar-refractivity contribution is 9.10. The smallest absolute Gasteiger partial charge is 0.0664 e. The molecule has 0 amide bonds. The van der Waals surface area contributed by atoms with E-state index in [9.17, 15) is 0 Å². The quantitative estimate of drug-likeness (QED) is 0.765. The van der Waals surface area contributed by atoms with Gasteiger partial charge >= 0.3 is 0 Å². The summed E-state index contributed by atoms with van der Waals surface area (Å²) in [6, 6.07) is 8.88. The van der Waals surface area contributed by atoms with Gasteiger partial charge in [0.1, 0.15) is 0 Å². The average molecular weight is 256 g/mol. The number of likely N-dealkylation sites (N-methyl/N-ethyl adjacent to an activating group) is 1. The molecule has 1 aliphatic heterocycles. The van der Waals surface area contributed by atoms with Crippen molar-refractivity contribution in [3.05, 3.63) is 34.3 Å². The van der Waals surface area contributed by atoms with Gasteiger partial charge < -0.3 is 4.74 Å². The minimum Gasteiger partial charge on any atom is -0.378 e. The fraction of sp³-hybridized carbons (Fsp3) is 0.455. The summed E-state index contributed by atoms with van der Waals surface area (Å²) >= 11 is 3.44. The number of rotatable bonds is 1. The minimum absolute atomic E-state index is 0.414. The summed E-state index contributed by atoms with van der Waals surface area (Å²) in [5.74, 6) is 0. The van der Waals surface area contributed by atoms with Gasteiger partial charge in [-0.25, -0.2) is 0 Å². The molecule has 14 heavy (non-hydrogen) atoms. The summed E-state index contributed by atoms with van der Waals surface area (Å²) in [5.41, 5.74) is 1.33. The van der Waals surface area contributed by atoms with Crippen LogP contribution in [0.5, 0.6) is 0 Å². The second kappa shape index (κ2) is 4.43. The summed E-state index contributed by atoms with van der Waals surface area (Å²) in [7, 11) is 2.15. The predicted molar refractivity (Wildman–Crippen MR) is 60.3 cm³/mol. The largest absolute Gasteiger partial charge is 0.378 e. The Morgan fingerprint density at radius 3 is 2.71 bits per heavy atom. The van der Waals surface area contributed by atoms with Crippen LogP contribution in [0.15, 0.2) is 28.7 Å². The number of hydrogen-bond acceptors (Lipinski definition) is 2. The van der Waals surface area contributed by atoms with E-state index >= 15 is 0 Å². The van der Waals surface area contributed by atoms with Crippen LogP contribution in [0.4, 0.5) is 0 Å². The topological polar surface area (TPSA) is 12.5 Å². The standard InChI is InChI=1S/C11H14BrNO/c1-13-6-7-14-8-11(13)9-2-4-10(12)5-3-9/h2-5,11H,6-8H2,1H3. The monoisotopic (exact) mass is 255 g/mol. The summed E-state index contributed by atoms with van der Waals surface area (Å²) in [5, 5.41) is 0. The van der Waals surface area contributed by atoms with Crippen LogP contribution in [-0.4, -0.2) is 31.7 Å². The van der Waals surface area contributed by atoms with E-state index in [1.165, 1.54) is 5.56 Å². The van der Waals surface area contributed by atoms with Crippen molar-refractivity contribution in [1.29, 1.82) is 0 Å². The molecule has 1 aliphatic rings. The van der Waals surface area contributed by atoms with Crippen LogP contribution in [0.2, 0.25) is 0 Å². The van der Waals surface area contributed by atoms with E-state index in [1.807, 2.05) is 0 Å². The van der Waals surface area contributed by atoms with E-state index in [4.69, 9.17) is 4.74 Å². The highest BCUT2D eigenvalue weighted by Gasteiger charge is 2.20. The van der Waals surface area contributed by atoms with Gasteiger partial charge in [-0.2, -0.15) is 0 Å². The maximum atomic E-state index is 5.48. The van der Waals surface area contributed by atoms with Gasteiger partial charge in [-0.3, -0.25) is 4.90 Å². The van der Waals surface area contributed by atoms with Crippen molar-refractivity contribution in [3.63, 3.8) is 0 Å². The van der Waals surface area contributed by atoms with Crippen molar-refractivity contribution in [2.45, 2.75) is 6.04 Å². The van der Waals surface area contributed by atoms with Crippen molar-refractivity contribution in [3.8, 4) is 0 Å². The molecule has 1 fully saturated rings. The molecule has 1 saturated heterocycles. The summed E-state index contributed by atoms with van der Waals surface area (Å²) in [4.78, 5) is 2.34. The van der Waals surface area contributed by atoms with Crippen molar-refractivity contribution in [2.24, 2.45) is 0 Å². The second-order valence-corrected chi connectivity index (χ2v) is 4.54. The van der Waals surface area contributed by atoms with E-state index < -0.39 is 0 Å². The molecule has 1 unspecified atom stereocenters. The molecule has 1 heterocycles. The zero-order valence-electron chi connectivity index (χ0n) is 8.24. The molecule has 0 spiro atoms. The fourth-order valence-corrected chi connectivity index (χ4v) is 1.99. The van der Waals surface area contributed by atoms with Crippen LogP contribution in [-0.2, 0) is 4.74 Å². The molecule has 0 aliphatic carbocycles. The molecule has 0 radical (unpaired) electrons. The second-order valence-electron chi connectivity index (χ2n) is 3.62. The Bertz CT molecular complexity index is 299. The van der Waals surface area contributed by atoms with E-state index in [0.717, 1.165) is 24.2 Å². The Labute approximate surface area is 93.0 Å². The number of halogens is 1. The normalized spacial score (nSPS) is 23.7. The molecule has 0 aromatic heterocycles. The highest BCUT2D eigenvalue weighted by atomic mass is 79.9. The van der Waals surface area contributed by atoms with Gasteiger partial charge in [0, 0.05) is 11.0 Å². The Hall–Kier alpha value is -0.380. The molecule has 0 N–H and O–H groups in total. The van der Waals surface area contributed by atoms with Crippen LogP contribution in [0.25, 0.3) is 0 Å². The van der Waals surface area contributed by atoms with Crippen molar-refractivity contribution in [2.75, 3.05) is 26.8 Å². The van der Waals surface area contributed by atoms with E-state index in [-0.39, 0.29) is 0 Å². The molecular formula is C11H14BrNO. The maximum Gasteiger partial charge on any atom is 0.0664 e. The zero-order valence-corrected chi connectivity index (χ0v) is 9.83. The predicted octanol–water partition coefficient (Wildman–Crippen LogP) is 2.45. The lowest BCUT2D eigenvalue weighted by Gasteiger charge is -2.32. The Kier molecular flexibility index (Phi) is 3.21. The van der Waals surface area contributed by atoms with Crippen LogP contribution < -0.4 is 0 Å². The molecule has 0 bridgehead atoms. The molecule has 2 nitrogen and oxygen atoms in total. The Morgan fingerprint density at radius 1 is 1.36 bits per heavy atom. The third-order valence-corrected chi connectivity index (χ3v) is 3.18. The maximum absolute atomic E-state index is 5.48. The molecular weight excluding hydrogens is 242 g/mol. The number of morpholine rings is 1. The first-order chi connectivity index (χ1) is 6.77. The third kappa shape index (κ3) is 2.16. The summed E-state index contributed by atoms with van der Waals surface area (Å²) in [6.45, 7) is 2.67. The van der Waals surface area contributed by atoms with Crippen molar-refractivity contribution >= 4 is 15.9 Å². The van der Waals surface area contributed by atoms with Crippen molar-refractivity contribution in [1.82, 2.24) is 4.90 Å². The first-order valence-electron chi connectivity index (χ1n) is 4.81. The van der Waals surface area contributed by atoms with Gasteiger partial charge in [0.15, 0.2) is 0 Å². The summed E-state index contributed by atoms with van der Waals surface area (Å²) < 4.78 is 6.61. The molecule has 2 rings (SSSR count). The van der Waals surface area contributed by atoms with E-state index in [1.54, 1.807) is 0 Å². The van der Waals surface area contributed by atoms with Crippen LogP contribution >= 0.6 is 15.9 Å². The number of benzene rings is 1. The number of hydrogen-bond donors (Lipinski definition) is 0. The molecule has 1 aromatic carbocycles. The van der Waals surface area contributed by atoms with Crippen LogP contribution in [0, 0.1) is 0 Å². The molecule has 3 heteroatoms. The first kappa shape index (κ1) is 10.1. The molecule has 1 aromatic rings. The Balaban J connectivity index is 2.16. The van der Waals surface area contributed by atoms with Crippen LogP contribution in [0.3, 0.4) is 0 Å². The first-order valence-corrected chi connectivity index (χ1v) is 5.60. The summed E-state index contributed by atoms with van der Waals surface area (Å²) in [6.07, 6.45) is 0. The zero-order chi connectivity index (χ0) is 9.97. The average Bonchev–Trinajstić information content (AvgIpc) is 2.20. The van der Waals surface area contributed by atoms with E-state index in [2.05, 4.69) is 52.1 Å². The SMILES string of the molecule is CN1CCOCC1c1ccc(Br)cc1. The number of nitrogens with zero attached hydrogens (tertiary/aromatic N) is 1. The lowest BCUT2D eigenvalue weighted by Crippen LogP contribution is -2.36. The van der Waals surface area contributed by atoms with Gasteiger partial charge in [-0.05, 0) is 24.7 Å². The van der Waals surface area contributed by atoms with Gasteiger partial charge in [0.05, 0.1) is 19.3 Å². The third-order valence-electron chi connectivity index (χ3n) is 2.65. The highest BCUT2D eigenvalue weighted by Crippen LogP contribution is 2.23. The van der Waals surface area contributed by atoms with Crippen molar-refractivity contribution < 1.29 is 4.74 Å². The fourth-order valence-electron chi connectivity index (χ4n) is 1.72. The molecule has 0 saturated carbocycles. The molecule has 1 atom stereocenters. The molecule has 76 valence electrons. The number of ether oxygens (including phenoxy) is 1. The Morgan fingerprint density at radius 2 is 2.07 bits per heavy atom. The van der Waals surface area contributed by atoms with Gasteiger partial charge in [0.25, 0.3) is 0 Å². The van der Waals surface area contributed by atoms with Gasteiger partial charge in [-0.1, -0.05) is 28.1 Å².